The molecule has 1 N–H and O–H groups in total. The molecule has 0 fully saturated rings. The lowest BCUT2D eigenvalue weighted by Crippen LogP contribution is -2.14. The Morgan fingerprint density at radius 2 is 2.04 bits per heavy atom. The minimum absolute atomic E-state index is 0.285. The third kappa shape index (κ3) is 3.04. The highest BCUT2D eigenvalue weighted by Gasteiger charge is 2.23. The van der Waals surface area contributed by atoms with Gasteiger partial charge in [0.05, 0.1) is 11.3 Å². The normalized spacial score (nSPS) is 15.5. The summed E-state index contributed by atoms with van der Waals surface area (Å²) in [5.41, 5.74) is 5.74. The maximum absolute atomic E-state index is 12.9. The first-order valence-electron chi connectivity index (χ1n) is 7.84. The Morgan fingerprint density at radius 1 is 1.30 bits per heavy atom. The molecule has 0 radical (unpaired) electrons. The first-order chi connectivity index (χ1) is 11.1. The van der Waals surface area contributed by atoms with Gasteiger partial charge in [-0.1, -0.05) is 12.1 Å². The molecule has 1 aromatic heterocycles. The van der Waals surface area contributed by atoms with Gasteiger partial charge < -0.3 is 9.82 Å². The van der Waals surface area contributed by atoms with E-state index in [4.69, 9.17) is 4.84 Å². The number of rotatable bonds is 3. The van der Waals surface area contributed by atoms with E-state index in [0.717, 1.165) is 42.7 Å². The minimum Gasteiger partial charge on any atom is -0.362 e. The Bertz CT molecular complexity index is 760. The van der Waals surface area contributed by atoms with Crippen LogP contribution in [0.3, 0.4) is 0 Å². The Morgan fingerprint density at radius 3 is 2.74 bits per heavy atom. The van der Waals surface area contributed by atoms with Crippen molar-refractivity contribution in [1.82, 2.24) is 4.98 Å². The van der Waals surface area contributed by atoms with Gasteiger partial charge >= 0.3 is 5.97 Å². The molecule has 2 aromatic rings. The second kappa shape index (κ2) is 6.36. The number of halogens is 1. The van der Waals surface area contributed by atoms with Gasteiger partial charge in [-0.15, -0.1) is 0 Å². The zero-order chi connectivity index (χ0) is 16.4. The highest BCUT2D eigenvalue weighted by molar-refractivity contribution is 6.04. The summed E-state index contributed by atoms with van der Waals surface area (Å²) >= 11 is 0. The van der Waals surface area contributed by atoms with Crippen LogP contribution in [-0.4, -0.2) is 16.7 Å². The molecule has 23 heavy (non-hydrogen) atoms. The summed E-state index contributed by atoms with van der Waals surface area (Å²) in [5, 5.41) is 4.10. The van der Waals surface area contributed by atoms with E-state index in [9.17, 15) is 9.18 Å². The van der Waals surface area contributed by atoms with Crippen LogP contribution < -0.4 is 0 Å². The van der Waals surface area contributed by atoms with E-state index in [-0.39, 0.29) is 11.4 Å². The molecule has 1 aliphatic carbocycles. The maximum Gasteiger partial charge on any atom is 0.365 e. The number of aromatic amines is 1. The van der Waals surface area contributed by atoms with Crippen LogP contribution in [0.15, 0.2) is 29.4 Å². The predicted molar refractivity (Wildman–Crippen MR) is 86.2 cm³/mol. The molecule has 0 atom stereocenters. The van der Waals surface area contributed by atoms with Gasteiger partial charge in [0, 0.05) is 17.0 Å². The number of hydrogen-bond donors (Lipinski definition) is 1. The molecular formula is C18H19FN2O2. The van der Waals surface area contributed by atoms with Crippen molar-refractivity contribution in [3.05, 3.63) is 58.2 Å². The van der Waals surface area contributed by atoms with Crippen LogP contribution in [-0.2, 0) is 17.7 Å². The van der Waals surface area contributed by atoms with Gasteiger partial charge in [-0.3, -0.25) is 0 Å². The van der Waals surface area contributed by atoms with Crippen molar-refractivity contribution in [3.8, 4) is 0 Å². The number of fused-ring (bicyclic) bond motifs is 1. The molecule has 1 aromatic carbocycles. The van der Waals surface area contributed by atoms with Gasteiger partial charge in [-0.2, -0.15) is 0 Å². The standard InChI is InChI=1S/C18H19FN2O2/c1-3-14-11(2)20-15-5-4-6-16(17(14)15)21-23-18(22)12-7-9-13(19)10-8-12/h7-10,20H,3-6H2,1-2H3/b21-16+. The molecule has 3 rings (SSSR count). The Hall–Kier alpha value is -2.43. The van der Waals surface area contributed by atoms with Crippen molar-refractivity contribution in [2.75, 3.05) is 0 Å². The fourth-order valence-corrected chi connectivity index (χ4v) is 3.10. The molecule has 0 amide bonds. The third-order valence-corrected chi connectivity index (χ3v) is 4.20. The second-order valence-corrected chi connectivity index (χ2v) is 5.71. The average molecular weight is 314 g/mol. The van der Waals surface area contributed by atoms with Gasteiger partial charge in [0.25, 0.3) is 0 Å². The number of benzene rings is 1. The fraction of sp³-hybridized carbons (Fsp3) is 0.333. The third-order valence-electron chi connectivity index (χ3n) is 4.20. The number of aryl methyl sites for hydroxylation is 2. The monoisotopic (exact) mass is 314 g/mol. The smallest absolute Gasteiger partial charge is 0.362 e. The van der Waals surface area contributed by atoms with E-state index in [2.05, 4.69) is 24.0 Å². The van der Waals surface area contributed by atoms with Gasteiger partial charge in [-0.05, 0) is 62.4 Å². The number of oxime groups is 1. The molecule has 1 heterocycles. The molecule has 5 heteroatoms. The first kappa shape index (κ1) is 15.5. The molecule has 0 saturated carbocycles. The summed E-state index contributed by atoms with van der Waals surface area (Å²) in [6.45, 7) is 4.16. The van der Waals surface area contributed by atoms with E-state index in [1.54, 1.807) is 0 Å². The predicted octanol–water partition coefficient (Wildman–Crippen LogP) is 3.92. The van der Waals surface area contributed by atoms with E-state index >= 15 is 0 Å². The van der Waals surface area contributed by atoms with E-state index in [1.807, 2.05) is 0 Å². The summed E-state index contributed by atoms with van der Waals surface area (Å²) in [5.74, 6) is -0.963. The number of carbonyl (C=O) groups is 1. The van der Waals surface area contributed by atoms with Crippen molar-refractivity contribution >= 4 is 11.7 Å². The number of carbonyl (C=O) groups excluding carboxylic acids is 1. The number of H-pyrrole nitrogens is 1. The summed E-state index contributed by atoms with van der Waals surface area (Å²) in [7, 11) is 0. The number of aromatic nitrogens is 1. The van der Waals surface area contributed by atoms with Gasteiger partial charge in [0.1, 0.15) is 5.82 Å². The molecule has 1 aliphatic rings. The van der Waals surface area contributed by atoms with Gasteiger partial charge in [-0.25, -0.2) is 9.18 Å². The van der Waals surface area contributed by atoms with Crippen molar-refractivity contribution in [2.24, 2.45) is 5.16 Å². The summed E-state index contributed by atoms with van der Waals surface area (Å²) in [6.07, 6.45) is 3.65. The molecule has 0 bridgehead atoms. The lowest BCUT2D eigenvalue weighted by atomic mass is 9.92. The number of nitrogens with zero attached hydrogens (tertiary/aromatic N) is 1. The maximum atomic E-state index is 12.9. The lowest BCUT2D eigenvalue weighted by molar-refractivity contribution is 0.0515. The average Bonchev–Trinajstić information content (AvgIpc) is 2.88. The van der Waals surface area contributed by atoms with Gasteiger partial charge in [0.15, 0.2) is 0 Å². The van der Waals surface area contributed by atoms with Crippen LogP contribution in [0, 0.1) is 12.7 Å². The van der Waals surface area contributed by atoms with Crippen LogP contribution in [0.4, 0.5) is 4.39 Å². The molecule has 4 nitrogen and oxygen atoms in total. The minimum atomic E-state index is -0.574. The van der Waals surface area contributed by atoms with Crippen LogP contribution in [0.5, 0.6) is 0 Å². The zero-order valence-corrected chi connectivity index (χ0v) is 13.3. The first-order valence-corrected chi connectivity index (χ1v) is 7.84. The Balaban J connectivity index is 1.84. The zero-order valence-electron chi connectivity index (χ0n) is 13.3. The topological polar surface area (TPSA) is 54.4 Å². The van der Waals surface area contributed by atoms with Crippen LogP contribution >= 0.6 is 0 Å². The molecule has 0 unspecified atom stereocenters. The molecular weight excluding hydrogens is 295 g/mol. The van der Waals surface area contributed by atoms with Crippen molar-refractivity contribution in [2.45, 2.75) is 39.5 Å². The highest BCUT2D eigenvalue weighted by Crippen LogP contribution is 2.28. The fourth-order valence-electron chi connectivity index (χ4n) is 3.10. The van der Waals surface area contributed by atoms with Crippen molar-refractivity contribution in [1.29, 1.82) is 0 Å². The number of nitrogens with one attached hydrogen (secondary N) is 1. The van der Waals surface area contributed by atoms with Crippen molar-refractivity contribution in [3.63, 3.8) is 0 Å². The van der Waals surface area contributed by atoms with E-state index in [0.29, 0.717) is 0 Å². The second-order valence-electron chi connectivity index (χ2n) is 5.71. The van der Waals surface area contributed by atoms with E-state index in [1.165, 1.54) is 35.5 Å². The van der Waals surface area contributed by atoms with Crippen LogP contribution in [0.2, 0.25) is 0 Å². The molecule has 0 saturated heterocycles. The lowest BCUT2D eigenvalue weighted by Gasteiger charge is -2.14. The molecule has 0 spiro atoms. The van der Waals surface area contributed by atoms with Crippen LogP contribution in [0.1, 0.15) is 52.6 Å². The largest absolute Gasteiger partial charge is 0.365 e. The highest BCUT2D eigenvalue weighted by atomic mass is 19.1. The SMILES string of the molecule is CCc1c(C)[nH]c2c1/C(=N/OC(=O)c1ccc(F)cc1)CCC2. The van der Waals surface area contributed by atoms with E-state index < -0.39 is 5.97 Å². The van der Waals surface area contributed by atoms with Crippen molar-refractivity contribution < 1.29 is 14.0 Å². The number of hydrogen-bond acceptors (Lipinski definition) is 3. The summed E-state index contributed by atoms with van der Waals surface area (Å²) in [4.78, 5) is 20.5. The summed E-state index contributed by atoms with van der Waals surface area (Å²) in [6, 6.07) is 5.24. The quantitative estimate of drug-likeness (QED) is 0.689. The molecule has 120 valence electrons. The Labute approximate surface area is 134 Å². The molecule has 0 aliphatic heterocycles. The van der Waals surface area contributed by atoms with Crippen LogP contribution in [0.25, 0.3) is 0 Å². The van der Waals surface area contributed by atoms with Gasteiger partial charge in [0.2, 0.25) is 0 Å². The Kier molecular flexibility index (Phi) is 4.28. The summed E-state index contributed by atoms with van der Waals surface area (Å²) < 4.78 is 12.9.